The molecule has 4 rings (SSSR count). The highest BCUT2D eigenvalue weighted by Crippen LogP contribution is 2.23. The van der Waals surface area contributed by atoms with E-state index in [2.05, 4.69) is 15.6 Å². The molecule has 6 nitrogen and oxygen atoms in total. The summed E-state index contributed by atoms with van der Waals surface area (Å²) < 4.78 is 18.4. The Bertz CT molecular complexity index is 1050. The van der Waals surface area contributed by atoms with E-state index in [0.29, 0.717) is 35.8 Å². The molecule has 2 heterocycles. The molecule has 1 saturated heterocycles. The quantitative estimate of drug-likeness (QED) is 0.619. The lowest BCUT2D eigenvalue weighted by Crippen LogP contribution is -2.27. The largest absolute Gasteiger partial charge is 0.368 e. The van der Waals surface area contributed by atoms with E-state index in [1.165, 1.54) is 23.5 Å². The normalized spacial score (nSPS) is 15.7. The third-order valence-electron chi connectivity index (χ3n) is 4.68. The highest BCUT2D eigenvalue weighted by atomic mass is 32.1. The lowest BCUT2D eigenvalue weighted by atomic mass is 10.1. The third kappa shape index (κ3) is 5.08. The van der Waals surface area contributed by atoms with Crippen LogP contribution in [0.4, 0.5) is 15.2 Å². The monoisotopic (exact) mass is 425 g/mol. The Balaban J connectivity index is 1.37. The predicted molar refractivity (Wildman–Crippen MR) is 113 cm³/mol. The molecule has 0 saturated carbocycles. The van der Waals surface area contributed by atoms with E-state index in [9.17, 15) is 14.0 Å². The van der Waals surface area contributed by atoms with Crippen LogP contribution >= 0.6 is 11.3 Å². The number of carbonyl (C=O) groups is 2. The van der Waals surface area contributed by atoms with Crippen molar-refractivity contribution in [1.82, 2.24) is 4.98 Å². The van der Waals surface area contributed by atoms with Crippen molar-refractivity contribution in [2.45, 2.75) is 25.4 Å². The molecular formula is C22H20FN3O3S. The molecule has 1 aliphatic heterocycles. The van der Waals surface area contributed by atoms with Gasteiger partial charge in [-0.25, -0.2) is 9.37 Å². The first kappa shape index (κ1) is 20.2. The maximum absolute atomic E-state index is 13.0. The second-order valence-corrected chi connectivity index (χ2v) is 8.08. The molecule has 2 aromatic carbocycles. The fourth-order valence-electron chi connectivity index (χ4n) is 3.17. The minimum atomic E-state index is -0.433. The maximum atomic E-state index is 13.0. The van der Waals surface area contributed by atoms with Gasteiger partial charge in [-0.15, -0.1) is 11.3 Å². The molecule has 0 spiro atoms. The number of thiazole rings is 1. The number of ether oxygens (including phenoxy) is 1. The minimum Gasteiger partial charge on any atom is -0.368 e. The van der Waals surface area contributed by atoms with Gasteiger partial charge in [-0.2, -0.15) is 0 Å². The molecule has 30 heavy (non-hydrogen) atoms. The van der Waals surface area contributed by atoms with Crippen LogP contribution in [0.2, 0.25) is 0 Å². The Morgan fingerprint density at radius 1 is 1.17 bits per heavy atom. The fourth-order valence-corrected chi connectivity index (χ4v) is 4.01. The number of aromatic nitrogens is 1. The molecule has 0 aliphatic carbocycles. The third-order valence-corrected chi connectivity index (χ3v) is 5.59. The first-order valence-corrected chi connectivity index (χ1v) is 10.4. The van der Waals surface area contributed by atoms with Gasteiger partial charge >= 0.3 is 0 Å². The van der Waals surface area contributed by atoms with Gasteiger partial charge in [0.1, 0.15) is 11.9 Å². The predicted octanol–water partition coefficient (Wildman–Crippen LogP) is 4.24. The van der Waals surface area contributed by atoms with Gasteiger partial charge in [-0.3, -0.25) is 14.9 Å². The van der Waals surface area contributed by atoms with Crippen molar-refractivity contribution in [3.8, 4) is 0 Å². The van der Waals surface area contributed by atoms with E-state index in [1.807, 2.05) is 0 Å². The van der Waals surface area contributed by atoms with Crippen molar-refractivity contribution < 1.29 is 18.7 Å². The van der Waals surface area contributed by atoms with Gasteiger partial charge < -0.3 is 10.1 Å². The molecule has 8 heteroatoms. The number of nitrogens with one attached hydrogen (secondary N) is 2. The fraction of sp³-hybridized carbons (Fsp3) is 0.227. The summed E-state index contributed by atoms with van der Waals surface area (Å²) in [6, 6.07) is 13.0. The molecule has 1 aromatic heterocycles. The van der Waals surface area contributed by atoms with Crippen molar-refractivity contribution in [2.24, 2.45) is 0 Å². The molecule has 2 amide bonds. The first-order valence-electron chi connectivity index (χ1n) is 9.60. The summed E-state index contributed by atoms with van der Waals surface area (Å²) in [7, 11) is 0. The second-order valence-electron chi connectivity index (χ2n) is 6.96. The lowest BCUT2D eigenvalue weighted by molar-refractivity contribution is -0.124. The van der Waals surface area contributed by atoms with E-state index < -0.39 is 6.10 Å². The zero-order valence-electron chi connectivity index (χ0n) is 16.1. The first-order chi connectivity index (χ1) is 14.6. The van der Waals surface area contributed by atoms with Crippen molar-refractivity contribution in [2.75, 3.05) is 17.2 Å². The van der Waals surface area contributed by atoms with Crippen LogP contribution in [0.5, 0.6) is 0 Å². The van der Waals surface area contributed by atoms with E-state index in [0.717, 1.165) is 16.9 Å². The SMILES string of the molecule is O=C(Nc1ncc(Cc2ccc(F)cc2)s1)c1cccc(NC(=O)[C@H]2CCCO2)c1. The number of halogens is 1. The Kier molecular flexibility index (Phi) is 6.15. The molecule has 2 N–H and O–H groups in total. The molecule has 1 aliphatic rings. The van der Waals surface area contributed by atoms with Crippen LogP contribution in [0, 0.1) is 5.82 Å². The van der Waals surface area contributed by atoms with E-state index in [-0.39, 0.29) is 17.6 Å². The van der Waals surface area contributed by atoms with Crippen molar-refractivity contribution in [3.63, 3.8) is 0 Å². The lowest BCUT2D eigenvalue weighted by Gasteiger charge is -2.11. The Morgan fingerprint density at radius 3 is 2.77 bits per heavy atom. The average Bonchev–Trinajstić information content (AvgIpc) is 3.42. The van der Waals surface area contributed by atoms with Crippen molar-refractivity contribution in [1.29, 1.82) is 0 Å². The molecule has 154 valence electrons. The Labute approximate surface area is 177 Å². The zero-order valence-corrected chi connectivity index (χ0v) is 16.9. The van der Waals surface area contributed by atoms with Crippen LogP contribution in [0.1, 0.15) is 33.6 Å². The van der Waals surface area contributed by atoms with Crippen LogP contribution in [0.15, 0.2) is 54.7 Å². The van der Waals surface area contributed by atoms with E-state index in [4.69, 9.17) is 4.74 Å². The van der Waals surface area contributed by atoms with Crippen LogP contribution < -0.4 is 10.6 Å². The second kappa shape index (κ2) is 9.15. The molecule has 0 radical (unpaired) electrons. The van der Waals surface area contributed by atoms with E-state index in [1.54, 1.807) is 42.6 Å². The van der Waals surface area contributed by atoms with Crippen LogP contribution in [-0.4, -0.2) is 29.5 Å². The summed E-state index contributed by atoms with van der Waals surface area (Å²) in [6.07, 6.45) is 3.45. The number of amides is 2. The van der Waals surface area contributed by atoms with E-state index >= 15 is 0 Å². The van der Waals surface area contributed by atoms with Crippen molar-refractivity contribution >= 4 is 34.0 Å². The smallest absolute Gasteiger partial charge is 0.257 e. The summed E-state index contributed by atoms with van der Waals surface area (Å²) in [4.78, 5) is 30.0. The highest BCUT2D eigenvalue weighted by molar-refractivity contribution is 7.15. The van der Waals surface area contributed by atoms with Gasteiger partial charge in [0.2, 0.25) is 0 Å². The summed E-state index contributed by atoms with van der Waals surface area (Å²) in [5.41, 5.74) is 1.92. The molecule has 0 unspecified atom stereocenters. The number of carbonyl (C=O) groups excluding carboxylic acids is 2. The standard InChI is InChI=1S/C22H20FN3O3S/c23-16-8-6-14(7-9-16)11-18-13-24-22(30-18)26-20(27)15-3-1-4-17(12-15)25-21(28)19-5-2-10-29-19/h1,3-4,6-9,12-13,19H,2,5,10-11H2,(H,25,28)(H,24,26,27)/t19-/m1/s1. The minimum absolute atomic E-state index is 0.199. The molecular weight excluding hydrogens is 405 g/mol. The van der Waals surface area contributed by atoms with Crippen LogP contribution in [0.3, 0.4) is 0 Å². The number of hydrogen-bond donors (Lipinski definition) is 2. The van der Waals surface area contributed by atoms with Crippen LogP contribution in [0.25, 0.3) is 0 Å². The number of rotatable bonds is 6. The van der Waals surface area contributed by atoms with Gasteiger partial charge in [0.15, 0.2) is 5.13 Å². The summed E-state index contributed by atoms with van der Waals surface area (Å²) in [5.74, 6) is -0.786. The average molecular weight is 425 g/mol. The van der Waals surface area contributed by atoms with Gasteiger partial charge in [-0.05, 0) is 48.7 Å². The molecule has 1 fully saturated rings. The summed E-state index contributed by atoms with van der Waals surface area (Å²) in [6.45, 7) is 0.595. The number of benzene rings is 2. The van der Waals surface area contributed by atoms with Gasteiger partial charge in [0, 0.05) is 35.4 Å². The summed E-state index contributed by atoms with van der Waals surface area (Å²) in [5, 5.41) is 6.05. The highest BCUT2D eigenvalue weighted by Gasteiger charge is 2.23. The number of hydrogen-bond acceptors (Lipinski definition) is 5. The van der Waals surface area contributed by atoms with Gasteiger partial charge in [-0.1, -0.05) is 18.2 Å². The number of anilines is 2. The zero-order chi connectivity index (χ0) is 20.9. The topological polar surface area (TPSA) is 80.3 Å². The Morgan fingerprint density at radius 2 is 2.00 bits per heavy atom. The molecule has 1 atom stereocenters. The maximum Gasteiger partial charge on any atom is 0.257 e. The molecule has 3 aromatic rings. The summed E-state index contributed by atoms with van der Waals surface area (Å²) >= 11 is 1.36. The molecule has 0 bridgehead atoms. The Hall–Kier alpha value is -3.10. The van der Waals surface area contributed by atoms with Crippen molar-refractivity contribution in [3.05, 3.63) is 76.5 Å². The van der Waals surface area contributed by atoms with Crippen LogP contribution in [-0.2, 0) is 16.0 Å². The van der Waals surface area contributed by atoms with Gasteiger partial charge in [0.25, 0.3) is 11.8 Å². The number of nitrogens with zero attached hydrogens (tertiary/aromatic N) is 1. The van der Waals surface area contributed by atoms with Gasteiger partial charge in [0.05, 0.1) is 0 Å².